The van der Waals surface area contributed by atoms with Gasteiger partial charge in [0.2, 0.25) is 10.0 Å². The number of benzene rings is 1. The summed E-state index contributed by atoms with van der Waals surface area (Å²) < 4.78 is 32.0. The van der Waals surface area contributed by atoms with Gasteiger partial charge in [0.1, 0.15) is 10.6 Å². The Kier molecular flexibility index (Phi) is 6.26. The summed E-state index contributed by atoms with van der Waals surface area (Å²) in [7, 11) is -0.373. The molecule has 20 heavy (non-hydrogen) atoms. The quantitative estimate of drug-likeness (QED) is 0.836. The van der Waals surface area contributed by atoms with Crippen molar-refractivity contribution in [1.82, 2.24) is 9.62 Å². The highest BCUT2D eigenvalue weighted by Gasteiger charge is 2.27. The normalized spacial score (nSPS) is 11.9. The second-order valence-corrected chi connectivity index (χ2v) is 6.56. The molecule has 1 aromatic carbocycles. The zero-order valence-corrected chi connectivity index (χ0v) is 13.8. The van der Waals surface area contributed by atoms with Gasteiger partial charge in [-0.25, -0.2) is 8.42 Å². The van der Waals surface area contributed by atoms with Crippen molar-refractivity contribution in [3.63, 3.8) is 0 Å². The molecule has 0 aliphatic heterocycles. The van der Waals surface area contributed by atoms with E-state index >= 15 is 0 Å². The molecule has 0 saturated heterocycles. The van der Waals surface area contributed by atoms with E-state index in [-0.39, 0.29) is 4.90 Å². The van der Waals surface area contributed by atoms with Crippen molar-refractivity contribution in [2.24, 2.45) is 0 Å². The number of halogens is 1. The first-order chi connectivity index (χ1) is 9.42. The summed E-state index contributed by atoms with van der Waals surface area (Å²) in [5.74, 6) is 0.343. The highest BCUT2D eigenvalue weighted by atomic mass is 35.5. The van der Waals surface area contributed by atoms with Gasteiger partial charge >= 0.3 is 0 Å². The lowest BCUT2D eigenvalue weighted by Crippen LogP contribution is -2.31. The minimum atomic E-state index is -3.61. The Morgan fingerprint density at radius 3 is 2.35 bits per heavy atom. The summed E-state index contributed by atoms with van der Waals surface area (Å²) in [6.45, 7) is 4.87. The lowest BCUT2D eigenvalue weighted by Gasteiger charge is -2.21. The van der Waals surface area contributed by atoms with Crippen LogP contribution < -0.4 is 10.1 Å². The lowest BCUT2D eigenvalue weighted by molar-refractivity contribution is 0.390. The Morgan fingerprint density at radius 2 is 1.90 bits per heavy atom. The number of nitrogens with zero attached hydrogens (tertiary/aromatic N) is 1. The predicted molar refractivity (Wildman–Crippen MR) is 80.9 cm³/mol. The highest BCUT2D eigenvalue weighted by molar-refractivity contribution is 7.89. The average Bonchev–Trinajstić information content (AvgIpc) is 2.39. The molecule has 0 radical (unpaired) electrons. The van der Waals surface area contributed by atoms with E-state index in [1.54, 1.807) is 27.0 Å². The predicted octanol–water partition coefficient (Wildman–Crippen LogP) is 2.10. The fourth-order valence-electron chi connectivity index (χ4n) is 2.07. The smallest absolute Gasteiger partial charge is 0.246 e. The van der Waals surface area contributed by atoms with E-state index in [1.165, 1.54) is 17.5 Å². The van der Waals surface area contributed by atoms with Crippen LogP contribution in [0.2, 0.25) is 5.02 Å². The molecule has 7 heteroatoms. The van der Waals surface area contributed by atoms with Crippen molar-refractivity contribution in [3.8, 4) is 5.75 Å². The van der Waals surface area contributed by atoms with E-state index < -0.39 is 10.0 Å². The third-order valence-corrected chi connectivity index (χ3v) is 5.26. The van der Waals surface area contributed by atoms with Crippen LogP contribution in [0.1, 0.15) is 19.4 Å². The van der Waals surface area contributed by atoms with Crippen LogP contribution in [0.15, 0.2) is 17.0 Å². The molecule has 0 saturated carbocycles. The number of nitrogens with one attached hydrogen (secondary N) is 1. The zero-order valence-electron chi connectivity index (χ0n) is 12.2. The van der Waals surface area contributed by atoms with Crippen LogP contribution in [0.4, 0.5) is 0 Å². The average molecular weight is 321 g/mol. The third kappa shape index (κ3) is 3.44. The molecule has 0 unspecified atom stereocenters. The maximum Gasteiger partial charge on any atom is 0.246 e. The van der Waals surface area contributed by atoms with E-state index in [4.69, 9.17) is 16.3 Å². The summed E-state index contributed by atoms with van der Waals surface area (Å²) in [5.41, 5.74) is 0.716. The van der Waals surface area contributed by atoms with Gasteiger partial charge in [-0.15, -0.1) is 0 Å². The Balaban J connectivity index is 3.51. The molecule has 1 aromatic rings. The zero-order chi connectivity index (χ0) is 15.3. The van der Waals surface area contributed by atoms with E-state index in [0.717, 1.165) is 0 Å². The molecule has 5 nitrogen and oxygen atoms in total. The summed E-state index contributed by atoms with van der Waals surface area (Å²) in [6, 6.07) is 3.14. The molecule has 0 aliphatic rings. The molecule has 1 N–H and O–H groups in total. The van der Waals surface area contributed by atoms with E-state index in [1.807, 2.05) is 0 Å². The maximum atomic E-state index is 12.6. The highest BCUT2D eigenvalue weighted by Crippen LogP contribution is 2.33. The van der Waals surface area contributed by atoms with Gasteiger partial charge in [-0.3, -0.25) is 0 Å². The first-order valence-corrected chi connectivity index (χ1v) is 8.25. The molecule has 0 bridgehead atoms. The Hall–Kier alpha value is -0.820. The maximum absolute atomic E-state index is 12.6. The molecule has 1 rings (SSSR count). The molecule has 0 atom stereocenters. The first kappa shape index (κ1) is 17.2. The fourth-order valence-corrected chi connectivity index (χ4v) is 4.06. The van der Waals surface area contributed by atoms with Crippen LogP contribution in [0.25, 0.3) is 0 Å². The molecule has 114 valence electrons. The summed E-state index contributed by atoms with van der Waals surface area (Å²) in [5, 5.41) is 3.35. The standard InChI is InChI=1S/C13H21ClN2O3S/c1-5-16(6-2)20(17,18)12-8-11(14)7-10(9-15-3)13(12)19-4/h7-8,15H,5-6,9H2,1-4H3. The molecule has 0 aliphatic carbocycles. The van der Waals surface area contributed by atoms with Gasteiger partial charge in [-0.05, 0) is 19.2 Å². The van der Waals surface area contributed by atoms with E-state index in [9.17, 15) is 8.42 Å². The monoisotopic (exact) mass is 320 g/mol. The van der Waals surface area contributed by atoms with Crippen LogP contribution in [0.3, 0.4) is 0 Å². The molecule has 0 aromatic heterocycles. The second kappa shape index (κ2) is 7.26. The Morgan fingerprint density at radius 1 is 1.30 bits per heavy atom. The van der Waals surface area contributed by atoms with Gasteiger partial charge in [0, 0.05) is 30.2 Å². The fraction of sp³-hybridized carbons (Fsp3) is 0.538. The molecule has 0 amide bonds. The number of hydrogen-bond acceptors (Lipinski definition) is 4. The van der Waals surface area contributed by atoms with Crippen molar-refractivity contribution in [1.29, 1.82) is 0 Å². The van der Waals surface area contributed by atoms with Crippen molar-refractivity contribution in [2.45, 2.75) is 25.3 Å². The topological polar surface area (TPSA) is 58.6 Å². The van der Waals surface area contributed by atoms with Crippen LogP contribution in [-0.4, -0.2) is 40.0 Å². The summed E-state index contributed by atoms with van der Waals surface area (Å²) in [6.07, 6.45) is 0. The van der Waals surface area contributed by atoms with Gasteiger partial charge in [0.15, 0.2) is 0 Å². The molecule has 0 fully saturated rings. The largest absolute Gasteiger partial charge is 0.495 e. The first-order valence-electron chi connectivity index (χ1n) is 6.43. The number of methoxy groups -OCH3 is 1. The van der Waals surface area contributed by atoms with Crippen LogP contribution >= 0.6 is 11.6 Å². The van der Waals surface area contributed by atoms with Crippen molar-refractivity contribution in [3.05, 3.63) is 22.7 Å². The SMILES string of the molecule is CCN(CC)S(=O)(=O)c1cc(Cl)cc(CNC)c1OC. The number of sulfonamides is 1. The number of ether oxygens (including phenoxy) is 1. The molecular formula is C13H21ClN2O3S. The minimum absolute atomic E-state index is 0.112. The lowest BCUT2D eigenvalue weighted by atomic mass is 10.2. The van der Waals surface area contributed by atoms with Gasteiger partial charge in [-0.2, -0.15) is 4.31 Å². The number of rotatable bonds is 7. The summed E-state index contributed by atoms with van der Waals surface area (Å²) >= 11 is 6.05. The van der Waals surface area contributed by atoms with Crippen molar-refractivity contribution in [2.75, 3.05) is 27.2 Å². The van der Waals surface area contributed by atoms with Gasteiger partial charge in [-0.1, -0.05) is 25.4 Å². The summed E-state index contributed by atoms with van der Waals surface area (Å²) in [4.78, 5) is 0.112. The Labute approximate surface area is 125 Å². The van der Waals surface area contributed by atoms with Crippen LogP contribution in [0, 0.1) is 0 Å². The van der Waals surface area contributed by atoms with Crippen molar-refractivity contribution >= 4 is 21.6 Å². The molecule has 0 heterocycles. The minimum Gasteiger partial charge on any atom is -0.495 e. The van der Waals surface area contributed by atoms with Gasteiger partial charge in [0.25, 0.3) is 0 Å². The van der Waals surface area contributed by atoms with Crippen LogP contribution in [0.5, 0.6) is 5.75 Å². The second-order valence-electron chi connectivity index (χ2n) is 4.22. The van der Waals surface area contributed by atoms with Crippen LogP contribution in [-0.2, 0) is 16.6 Å². The van der Waals surface area contributed by atoms with E-state index in [2.05, 4.69) is 5.32 Å². The van der Waals surface area contributed by atoms with Gasteiger partial charge < -0.3 is 10.1 Å². The Bertz CT molecular complexity index is 557. The molecular weight excluding hydrogens is 300 g/mol. The van der Waals surface area contributed by atoms with Gasteiger partial charge in [0.05, 0.1) is 7.11 Å². The van der Waals surface area contributed by atoms with E-state index in [0.29, 0.717) is 36.0 Å². The number of hydrogen-bond donors (Lipinski definition) is 1. The third-order valence-electron chi connectivity index (χ3n) is 2.99. The molecule has 0 spiro atoms. The van der Waals surface area contributed by atoms with Crippen molar-refractivity contribution < 1.29 is 13.2 Å².